The summed E-state index contributed by atoms with van der Waals surface area (Å²) in [7, 11) is 1.68. The third kappa shape index (κ3) is 5.21. The molecule has 0 aliphatic heterocycles. The fourth-order valence-corrected chi connectivity index (χ4v) is 2.29. The van der Waals surface area contributed by atoms with E-state index < -0.39 is 0 Å². The monoisotopic (exact) mass is 265 g/mol. The Labute approximate surface area is 117 Å². The number of benzene rings is 1. The maximum atomic E-state index is 6.26. The number of methoxy groups -OCH3 is 1. The molecule has 0 aliphatic carbocycles. The van der Waals surface area contributed by atoms with Crippen molar-refractivity contribution in [2.45, 2.75) is 45.8 Å². The van der Waals surface area contributed by atoms with Crippen LogP contribution in [0.25, 0.3) is 0 Å². The molecule has 0 spiro atoms. The smallest absolute Gasteiger partial charge is 0.118 e. The summed E-state index contributed by atoms with van der Waals surface area (Å²) in [5.41, 5.74) is 7.55. The van der Waals surface area contributed by atoms with Crippen LogP contribution in [-0.2, 0) is 11.2 Å². The zero-order chi connectivity index (χ0) is 14.3. The molecule has 0 fully saturated rings. The zero-order valence-corrected chi connectivity index (χ0v) is 12.6. The van der Waals surface area contributed by atoms with Gasteiger partial charge in [-0.05, 0) is 43.4 Å². The van der Waals surface area contributed by atoms with E-state index in [1.807, 2.05) is 19.1 Å². The minimum Gasteiger partial charge on any atom is -0.497 e. The zero-order valence-electron chi connectivity index (χ0n) is 12.6. The topological polar surface area (TPSA) is 44.5 Å². The van der Waals surface area contributed by atoms with Crippen molar-refractivity contribution in [3.05, 3.63) is 29.8 Å². The van der Waals surface area contributed by atoms with Gasteiger partial charge in [0.15, 0.2) is 0 Å². The van der Waals surface area contributed by atoms with E-state index in [4.69, 9.17) is 15.2 Å². The molecule has 0 aromatic heterocycles. The molecule has 2 N–H and O–H groups in total. The molecular weight excluding hydrogens is 238 g/mol. The third-order valence-corrected chi connectivity index (χ3v) is 3.36. The molecule has 108 valence electrons. The Kier molecular flexibility index (Phi) is 6.89. The Balaban J connectivity index is 2.49. The van der Waals surface area contributed by atoms with Crippen molar-refractivity contribution in [2.75, 3.05) is 13.7 Å². The SMILES string of the molecule is CCOC(C(C)C)C(N)CCc1ccc(OC)cc1. The van der Waals surface area contributed by atoms with E-state index in [2.05, 4.69) is 26.0 Å². The summed E-state index contributed by atoms with van der Waals surface area (Å²) in [6, 6.07) is 8.25. The first-order chi connectivity index (χ1) is 9.08. The van der Waals surface area contributed by atoms with Crippen LogP contribution in [0.3, 0.4) is 0 Å². The largest absolute Gasteiger partial charge is 0.497 e. The van der Waals surface area contributed by atoms with Gasteiger partial charge in [-0.15, -0.1) is 0 Å². The first-order valence-corrected chi connectivity index (χ1v) is 7.08. The van der Waals surface area contributed by atoms with Crippen LogP contribution in [0.15, 0.2) is 24.3 Å². The molecule has 3 heteroatoms. The van der Waals surface area contributed by atoms with Gasteiger partial charge in [-0.3, -0.25) is 0 Å². The van der Waals surface area contributed by atoms with E-state index in [1.54, 1.807) is 7.11 Å². The van der Waals surface area contributed by atoms with Gasteiger partial charge in [-0.25, -0.2) is 0 Å². The van der Waals surface area contributed by atoms with Gasteiger partial charge in [0.1, 0.15) is 5.75 Å². The van der Waals surface area contributed by atoms with Crippen LogP contribution in [-0.4, -0.2) is 25.9 Å². The molecule has 0 aliphatic rings. The number of nitrogens with two attached hydrogens (primary N) is 1. The highest BCUT2D eigenvalue weighted by Crippen LogP contribution is 2.16. The average Bonchev–Trinajstić information content (AvgIpc) is 2.42. The van der Waals surface area contributed by atoms with Crippen molar-refractivity contribution in [3.8, 4) is 5.75 Å². The molecule has 2 atom stereocenters. The second-order valence-corrected chi connectivity index (χ2v) is 5.21. The number of aryl methyl sites for hydroxylation is 1. The molecular formula is C16H27NO2. The van der Waals surface area contributed by atoms with Crippen LogP contribution in [0.2, 0.25) is 0 Å². The van der Waals surface area contributed by atoms with Gasteiger partial charge in [0.25, 0.3) is 0 Å². The summed E-state index contributed by atoms with van der Waals surface area (Å²) < 4.78 is 10.9. The van der Waals surface area contributed by atoms with Crippen molar-refractivity contribution < 1.29 is 9.47 Å². The van der Waals surface area contributed by atoms with Crippen LogP contribution >= 0.6 is 0 Å². The Morgan fingerprint density at radius 2 is 1.79 bits per heavy atom. The van der Waals surface area contributed by atoms with Gasteiger partial charge >= 0.3 is 0 Å². The molecule has 19 heavy (non-hydrogen) atoms. The minimum absolute atomic E-state index is 0.0852. The molecule has 0 saturated carbocycles. The van der Waals surface area contributed by atoms with Gasteiger partial charge in [-0.2, -0.15) is 0 Å². The van der Waals surface area contributed by atoms with Gasteiger partial charge < -0.3 is 15.2 Å². The summed E-state index contributed by atoms with van der Waals surface area (Å²) >= 11 is 0. The van der Waals surface area contributed by atoms with Crippen molar-refractivity contribution in [2.24, 2.45) is 11.7 Å². The Morgan fingerprint density at radius 3 is 2.26 bits per heavy atom. The maximum absolute atomic E-state index is 6.26. The van der Waals surface area contributed by atoms with E-state index in [0.717, 1.165) is 25.2 Å². The standard InChI is InChI=1S/C16H27NO2/c1-5-19-16(12(2)3)15(17)11-8-13-6-9-14(18-4)10-7-13/h6-7,9-10,12,15-16H,5,8,11,17H2,1-4H3. The highest BCUT2D eigenvalue weighted by Gasteiger charge is 2.21. The van der Waals surface area contributed by atoms with Crippen LogP contribution in [0.1, 0.15) is 32.8 Å². The summed E-state index contributed by atoms with van der Waals surface area (Å²) in [6.45, 7) is 7.06. The molecule has 0 amide bonds. The maximum Gasteiger partial charge on any atom is 0.118 e. The molecule has 0 radical (unpaired) electrons. The number of ether oxygens (including phenoxy) is 2. The molecule has 1 rings (SSSR count). The molecule has 0 bridgehead atoms. The van der Waals surface area contributed by atoms with Crippen LogP contribution in [0.5, 0.6) is 5.75 Å². The first-order valence-electron chi connectivity index (χ1n) is 7.08. The van der Waals surface area contributed by atoms with E-state index >= 15 is 0 Å². The molecule has 0 saturated heterocycles. The highest BCUT2D eigenvalue weighted by atomic mass is 16.5. The van der Waals surface area contributed by atoms with Gasteiger partial charge in [0.05, 0.1) is 13.2 Å². The van der Waals surface area contributed by atoms with Crippen molar-refractivity contribution in [3.63, 3.8) is 0 Å². The lowest BCUT2D eigenvalue weighted by molar-refractivity contribution is 0.0110. The van der Waals surface area contributed by atoms with E-state index in [-0.39, 0.29) is 12.1 Å². The summed E-state index contributed by atoms with van der Waals surface area (Å²) in [5, 5.41) is 0. The van der Waals surface area contributed by atoms with Crippen molar-refractivity contribution >= 4 is 0 Å². The molecule has 1 aromatic rings. The third-order valence-electron chi connectivity index (χ3n) is 3.36. The summed E-state index contributed by atoms with van der Waals surface area (Å²) in [5.74, 6) is 1.34. The lowest BCUT2D eigenvalue weighted by Gasteiger charge is -2.27. The van der Waals surface area contributed by atoms with Gasteiger partial charge in [0, 0.05) is 12.6 Å². The number of rotatable bonds is 8. The molecule has 2 unspecified atom stereocenters. The Morgan fingerprint density at radius 1 is 1.16 bits per heavy atom. The van der Waals surface area contributed by atoms with Gasteiger partial charge in [-0.1, -0.05) is 26.0 Å². The van der Waals surface area contributed by atoms with E-state index in [9.17, 15) is 0 Å². The second-order valence-electron chi connectivity index (χ2n) is 5.21. The predicted octanol–water partition coefficient (Wildman–Crippen LogP) is 3.02. The molecule has 0 heterocycles. The summed E-state index contributed by atoms with van der Waals surface area (Å²) in [6.07, 6.45) is 2.06. The van der Waals surface area contributed by atoms with Crippen molar-refractivity contribution in [1.82, 2.24) is 0 Å². The van der Waals surface area contributed by atoms with E-state index in [0.29, 0.717) is 5.92 Å². The summed E-state index contributed by atoms with van der Waals surface area (Å²) in [4.78, 5) is 0. The predicted molar refractivity (Wildman–Crippen MR) is 79.5 cm³/mol. The molecule has 1 aromatic carbocycles. The molecule has 3 nitrogen and oxygen atoms in total. The van der Waals surface area contributed by atoms with E-state index in [1.165, 1.54) is 5.56 Å². The van der Waals surface area contributed by atoms with Crippen molar-refractivity contribution in [1.29, 1.82) is 0 Å². The number of hydrogen-bond donors (Lipinski definition) is 1. The van der Waals surface area contributed by atoms with Gasteiger partial charge in [0.2, 0.25) is 0 Å². The quantitative estimate of drug-likeness (QED) is 0.786. The van der Waals surface area contributed by atoms with Crippen LogP contribution in [0.4, 0.5) is 0 Å². The normalized spacial score (nSPS) is 14.4. The second kappa shape index (κ2) is 8.18. The first kappa shape index (κ1) is 16.0. The fraction of sp³-hybridized carbons (Fsp3) is 0.625. The number of hydrogen-bond acceptors (Lipinski definition) is 3. The Bertz CT molecular complexity index is 348. The lowest BCUT2D eigenvalue weighted by Crippen LogP contribution is -2.40. The highest BCUT2D eigenvalue weighted by molar-refractivity contribution is 5.27. The Hall–Kier alpha value is -1.06. The van der Waals surface area contributed by atoms with Crippen LogP contribution in [0, 0.1) is 5.92 Å². The average molecular weight is 265 g/mol. The lowest BCUT2D eigenvalue weighted by atomic mass is 9.95. The minimum atomic E-state index is 0.0852. The van der Waals surface area contributed by atoms with Crippen LogP contribution < -0.4 is 10.5 Å². The fourth-order valence-electron chi connectivity index (χ4n) is 2.29.